The van der Waals surface area contributed by atoms with Crippen LogP contribution in [0, 0.1) is 10.1 Å². The van der Waals surface area contributed by atoms with Crippen LogP contribution >= 0.6 is 0 Å². The summed E-state index contributed by atoms with van der Waals surface area (Å²) in [4.78, 5) is 32.1. The van der Waals surface area contributed by atoms with E-state index < -0.39 is 10.8 Å². The van der Waals surface area contributed by atoms with Gasteiger partial charge in [-0.2, -0.15) is 0 Å². The number of non-ortho nitro benzene ring substituents is 1. The zero-order valence-electron chi connectivity index (χ0n) is 12.0. The van der Waals surface area contributed by atoms with Gasteiger partial charge < -0.3 is 10.3 Å². The predicted molar refractivity (Wildman–Crippen MR) is 85.9 cm³/mol. The number of nitrogens with one attached hydrogen (secondary N) is 2. The fourth-order valence-corrected chi connectivity index (χ4v) is 2.11. The van der Waals surface area contributed by atoms with Gasteiger partial charge in [-0.3, -0.25) is 14.9 Å². The number of amides is 1. The maximum Gasteiger partial charge on any atom is 0.291 e. The summed E-state index contributed by atoms with van der Waals surface area (Å²) in [6, 6.07) is 10.7. The first kappa shape index (κ1) is 15.0. The van der Waals surface area contributed by atoms with E-state index in [-0.39, 0.29) is 22.9 Å². The fourth-order valence-electron chi connectivity index (χ4n) is 2.11. The van der Waals surface area contributed by atoms with Crippen LogP contribution in [0.3, 0.4) is 0 Å². The van der Waals surface area contributed by atoms with Gasteiger partial charge in [-0.05, 0) is 23.7 Å². The normalized spacial score (nSPS) is 10.2. The Balaban J connectivity index is 1.93. The molecule has 10 heteroatoms. The number of nitro benzene ring substituents is 1. The summed E-state index contributed by atoms with van der Waals surface area (Å²) in [7, 11) is 0. The van der Waals surface area contributed by atoms with Crippen molar-refractivity contribution in [2.45, 2.75) is 0 Å². The number of carbonyl (C=O) groups is 1. The lowest BCUT2D eigenvalue weighted by Gasteiger charge is -2.06. The van der Waals surface area contributed by atoms with Crippen molar-refractivity contribution in [1.29, 1.82) is 0 Å². The molecule has 0 saturated carbocycles. The van der Waals surface area contributed by atoms with Gasteiger partial charge in [0.15, 0.2) is 5.82 Å². The summed E-state index contributed by atoms with van der Waals surface area (Å²) in [5.41, 5.74) is 9.73. The highest BCUT2D eigenvalue weighted by molar-refractivity contribution is 6.04. The van der Waals surface area contributed by atoms with Gasteiger partial charge in [0.2, 0.25) is 0 Å². The molecule has 10 nitrogen and oxygen atoms in total. The van der Waals surface area contributed by atoms with Crippen molar-refractivity contribution >= 4 is 34.0 Å². The molecule has 24 heavy (non-hydrogen) atoms. The van der Waals surface area contributed by atoms with Gasteiger partial charge in [0, 0.05) is 17.0 Å². The molecule has 0 aliphatic rings. The third kappa shape index (κ3) is 2.85. The summed E-state index contributed by atoms with van der Waals surface area (Å²) in [6.07, 6.45) is 0. The smallest absolute Gasteiger partial charge is 0.291 e. The highest BCUT2D eigenvalue weighted by Crippen LogP contribution is 2.30. The molecule has 0 bridgehead atoms. The molecule has 0 spiro atoms. The minimum atomic E-state index is -0.624. The van der Waals surface area contributed by atoms with Crippen LogP contribution in [0.2, 0.25) is 0 Å². The number of H-pyrrole nitrogens is 1. The molecule has 0 radical (unpaired) electrons. The SMILES string of the molecule is [N-]=[N+]=Nc1cc([N+](=O)[O-])ccc1NC(=O)c1nc2ccccc2[nH]1. The van der Waals surface area contributed by atoms with E-state index in [0.29, 0.717) is 11.0 Å². The standard InChI is InChI=1S/C14H9N7O3/c15-20-19-12-7-8(21(23)24)5-6-11(12)18-14(22)13-16-9-3-1-2-4-10(9)17-13/h1-7H,(H,16,17)(H,18,22). The Bertz CT molecular complexity index is 972. The number of anilines is 1. The number of azide groups is 1. The van der Waals surface area contributed by atoms with Gasteiger partial charge in [0.1, 0.15) is 0 Å². The van der Waals surface area contributed by atoms with Crippen LogP contribution in [0.1, 0.15) is 10.6 Å². The van der Waals surface area contributed by atoms with Crippen LogP contribution in [0.25, 0.3) is 21.5 Å². The summed E-state index contributed by atoms with van der Waals surface area (Å²) in [5.74, 6) is -0.490. The first-order valence-electron chi connectivity index (χ1n) is 6.68. The highest BCUT2D eigenvalue weighted by Gasteiger charge is 2.15. The number of fused-ring (bicyclic) bond motifs is 1. The van der Waals surface area contributed by atoms with Crippen LogP contribution < -0.4 is 5.32 Å². The molecule has 0 saturated heterocycles. The summed E-state index contributed by atoms with van der Waals surface area (Å²) < 4.78 is 0. The second kappa shape index (κ2) is 6.07. The average Bonchev–Trinajstić information content (AvgIpc) is 3.00. The van der Waals surface area contributed by atoms with E-state index >= 15 is 0 Å². The molecule has 3 rings (SSSR count). The second-order valence-corrected chi connectivity index (χ2v) is 4.70. The van der Waals surface area contributed by atoms with E-state index in [0.717, 1.165) is 6.07 Å². The van der Waals surface area contributed by atoms with Gasteiger partial charge >= 0.3 is 0 Å². The molecule has 0 atom stereocenters. The van der Waals surface area contributed by atoms with E-state index in [9.17, 15) is 14.9 Å². The maximum absolute atomic E-state index is 12.3. The largest absolute Gasteiger partial charge is 0.334 e. The van der Waals surface area contributed by atoms with Crippen molar-refractivity contribution in [2.24, 2.45) is 5.11 Å². The molecule has 0 fully saturated rings. The zero-order valence-corrected chi connectivity index (χ0v) is 12.0. The van der Waals surface area contributed by atoms with Gasteiger partial charge in [0.25, 0.3) is 11.6 Å². The van der Waals surface area contributed by atoms with Crippen molar-refractivity contribution in [2.75, 3.05) is 5.32 Å². The van der Waals surface area contributed by atoms with Crippen molar-refractivity contribution in [3.8, 4) is 0 Å². The Kier molecular flexibility index (Phi) is 3.79. The molecule has 0 aliphatic carbocycles. The molecule has 3 aromatic rings. The van der Waals surface area contributed by atoms with E-state index in [1.54, 1.807) is 24.3 Å². The molecular formula is C14H9N7O3. The number of hydrogen-bond acceptors (Lipinski definition) is 5. The zero-order chi connectivity index (χ0) is 17.1. The molecule has 1 heterocycles. The second-order valence-electron chi connectivity index (χ2n) is 4.70. The van der Waals surface area contributed by atoms with Crippen molar-refractivity contribution in [3.05, 3.63) is 68.8 Å². The molecule has 0 aliphatic heterocycles. The molecule has 2 N–H and O–H groups in total. The lowest BCUT2D eigenvalue weighted by molar-refractivity contribution is -0.384. The Morgan fingerprint density at radius 2 is 2.12 bits per heavy atom. The van der Waals surface area contributed by atoms with Crippen molar-refractivity contribution in [3.63, 3.8) is 0 Å². The molecule has 2 aromatic carbocycles. The average molecular weight is 323 g/mol. The molecule has 1 aromatic heterocycles. The van der Waals surface area contributed by atoms with Gasteiger partial charge in [0.05, 0.1) is 27.3 Å². The molecule has 1 amide bonds. The third-order valence-electron chi connectivity index (χ3n) is 3.20. The Labute approximate surface area is 133 Å². The number of hydrogen-bond donors (Lipinski definition) is 2. The minimum absolute atomic E-state index is 0.0591. The van der Waals surface area contributed by atoms with E-state index in [4.69, 9.17) is 5.53 Å². The Hall–Kier alpha value is -3.91. The van der Waals surface area contributed by atoms with Crippen molar-refractivity contribution < 1.29 is 9.72 Å². The van der Waals surface area contributed by atoms with E-state index in [1.165, 1.54) is 12.1 Å². The number of aromatic amines is 1. The Morgan fingerprint density at radius 1 is 1.33 bits per heavy atom. The summed E-state index contributed by atoms with van der Waals surface area (Å²) >= 11 is 0. The molecule has 0 unspecified atom stereocenters. The first-order chi connectivity index (χ1) is 11.6. The monoisotopic (exact) mass is 323 g/mol. The van der Waals surface area contributed by atoms with Crippen LogP contribution in [0.5, 0.6) is 0 Å². The predicted octanol–water partition coefficient (Wildman–Crippen LogP) is 3.67. The summed E-state index contributed by atoms with van der Waals surface area (Å²) in [6.45, 7) is 0. The number of para-hydroxylation sites is 2. The number of carbonyl (C=O) groups excluding carboxylic acids is 1. The topological polar surface area (TPSA) is 150 Å². The quantitative estimate of drug-likeness (QED) is 0.247. The summed E-state index contributed by atoms with van der Waals surface area (Å²) in [5, 5.41) is 16.7. The van der Waals surface area contributed by atoms with Crippen molar-refractivity contribution in [1.82, 2.24) is 9.97 Å². The van der Waals surface area contributed by atoms with E-state index in [2.05, 4.69) is 25.3 Å². The number of aromatic nitrogens is 2. The lowest BCUT2D eigenvalue weighted by atomic mass is 10.2. The maximum atomic E-state index is 12.3. The van der Waals surface area contributed by atoms with Gasteiger partial charge in [-0.15, -0.1) is 0 Å². The van der Waals surface area contributed by atoms with Crippen LogP contribution in [-0.4, -0.2) is 20.8 Å². The number of rotatable bonds is 4. The number of imidazole rings is 1. The number of nitrogens with zero attached hydrogens (tertiary/aromatic N) is 5. The van der Waals surface area contributed by atoms with Crippen LogP contribution in [-0.2, 0) is 0 Å². The molecular weight excluding hydrogens is 314 g/mol. The minimum Gasteiger partial charge on any atom is -0.334 e. The van der Waals surface area contributed by atoms with Gasteiger partial charge in [-0.25, -0.2) is 4.98 Å². The molecule has 118 valence electrons. The van der Waals surface area contributed by atoms with E-state index in [1.807, 2.05) is 0 Å². The lowest BCUT2D eigenvalue weighted by Crippen LogP contribution is -2.13. The number of benzene rings is 2. The van der Waals surface area contributed by atoms with Crippen LogP contribution in [0.4, 0.5) is 17.1 Å². The third-order valence-corrected chi connectivity index (χ3v) is 3.20. The highest BCUT2D eigenvalue weighted by atomic mass is 16.6. The van der Waals surface area contributed by atoms with Crippen LogP contribution in [0.15, 0.2) is 47.6 Å². The fraction of sp³-hybridized carbons (Fsp3) is 0. The van der Waals surface area contributed by atoms with Gasteiger partial charge in [-0.1, -0.05) is 17.2 Å². The number of nitro groups is 1. The first-order valence-corrected chi connectivity index (χ1v) is 6.68. The Morgan fingerprint density at radius 3 is 2.83 bits per heavy atom.